The Labute approximate surface area is 129 Å². The molecule has 3 N–H and O–H groups in total. The van der Waals surface area contributed by atoms with Gasteiger partial charge in [-0.05, 0) is 12.1 Å². The van der Waals surface area contributed by atoms with E-state index in [2.05, 4.69) is 15.6 Å². The summed E-state index contributed by atoms with van der Waals surface area (Å²) >= 11 is 0. The summed E-state index contributed by atoms with van der Waals surface area (Å²) in [5, 5.41) is 14.6. The Morgan fingerprint density at radius 1 is 1.41 bits per heavy atom. The number of hydrogen-bond acceptors (Lipinski definition) is 5. The van der Waals surface area contributed by atoms with Crippen LogP contribution in [0.1, 0.15) is 13.8 Å². The third kappa shape index (κ3) is 3.88. The van der Waals surface area contributed by atoms with Crippen LogP contribution in [0.2, 0.25) is 0 Å². The number of amides is 2. The predicted molar refractivity (Wildman–Crippen MR) is 86.2 cm³/mol. The van der Waals surface area contributed by atoms with Gasteiger partial charge in [0, 0.05) is 44.4 Å². The van der Waals surface area contributed by atoms with E-state index in [1.54, 1.807) is 23.1 Å². The molecule has 1 aromatic heterocycles. The molecule has 2 amide bonds. The fourth-order valence-electron chi connectivity index (χ4n) is 1.73. The van der Waals surface area contributed by atoms with Crippen LogP contribution in [0, 0.1) is 5.41 Å². The standard InChI is InChI=1S/C15H22N4O3/c1-15(2,9-20)8-16-13(21)17-10-5-6-11-12(7-10)22-14(18-11)19(3)4/h5-7,20H,8-9H2,1-4H3,(H2,16,17,21). The van der Waals surface area contributed by atoms with E-state index in [0.717, 1.165) is 5.52 Å². The van der Waals surface area contributed by atoms with Gasteiger partial charge < -0.3 is 25.1 Å². The van der Waals surface area contributed by atoms with Crippen molar-refractivity contribution in [2.24, 2.45) is 5.41 Å². The third-order valence-corrected chi connectivity index (χ3v) is 3.17. The number of carbonyl (C=O) groups excluding carboxylic acids is 1. The first-order valence-corrected chi connectivity index (χ1v) is 7.04. The van der Waals surface area contributed by atoms with Crippen molar-refractivity contribution in [2.45, 2.75) is 13.8 Å². The summed E-state index contributed by atoms with van der Waals surface area (Å²) in [6, 6.07) is 5.47. The van der Waals surface area contributed by atoms with Crippen LogP contribution in [0.3, 0.4) is 0 Å². The molecule has 0 aliphatic carbocycles. The molecule has 0 saturated carbocycles. The molecule has 120 valence electrons. The highest BCUT2D eigenvalue weighted by Gasteiger charge is 2.17. The van der Waals surface area contributed by atoms with Crippen LogP contribution >= 0.6 is 0 Å². The largest absolute Gasteiger partial charge is 0.423 e. The molecule has 0 radical (unpaired) electrons. The van der Waals surface area contributed by atoms with Crippen LogP contribution < -0.4 is 15.5 Å². The van der Waals surface area contributed by atoms with E-state index in [9.17, 15) is 4.79 Å². The first-order chi connectivity index (χ1) is 10.3. The number of rotatable bonds is 5. The number of aliphatic hydroxyl groups excluding tert-OH is 1. The van der Waals surface area contributed by atoms with Crippen LogP contribution in [0.25, 0.3) is 11.1 Å². The van der Waals surface area contributed by atoms with Crippen molar-refractivity contribution < 1.29 is 14.3 Å². The molecule has 7 heteroatoms. The zero-order valence-corrected chi connectivity index (χ0v) is 13.3. The number of anilines is 2. The Kier molecular flexibility index (Phi) is 4.56. The van der Waals surface area contributed by atoms with Gasteiger partial charge in [0.15, 0.2) is 5.58 Å². The van der Waals surface area contributed by atoms with E-state index in [4.69, 9.17) is 9.52 Å². The minimum Gasteiger partial charge on any atom is -0.423 e. The minimum absolute atomic E-state index is 0.00458. The lowest BCUT2D eigenvalue weighted by atomic mass is 9.95. The van der Waals surface area contributed by atoms with E-state index in [1.807, 2.05) is 27.9 Å². The summed E-state index contributed by atoms with van der Waals surface area (Å²) in [6.45, 7) is 4.13. The molecule has 22 heavy (non-hydrogen) atoms. The molecule has 0 aliphatic heterocycles. The van der Waals surface area contributed by atoms with E-state index in [-0.39, 0.29) is 18.1 Å². The smallest absolute Gasteiger partial charge is 0.319 e. The van der Waals surface area contributed by atoms with E-state index < -0.39 is 0 Å². The van der Waals surface area contributed by atoms with Gasteiger partial charge in [0.25, 0.3) is 6.01 Å². The molecule has 0 spiro atoms. The summed E-state index contributed by atoms with van der Waals surface area (Å²) < 4.78 is 5.59. The number of nitrogens with one attached hydrogen (secondary N) is 2. The van der Waals surface area contributed by atoms with Gasteiger partial charge in [0.05, 0.1) is 0 Å². The molecular formula is C15H22N4O3. The molecule has 2 rings (SSSR count). The highest BCUT2D eigenvalue weighted by Crippen LogP contribution is 2.23. The van der Waals surface area contributed by atoms with Crippen molar-refractivity contribution in [3.63, 3.8) is 0 Å². The van der Waals surface area contributed by atoms with Crippen LogP contribution in [0.15, 0.2) is 22.6 Å². The monoisotopic (exact) mass is 306 g/mol. The van der Waals surface area contributed by atoms with E-state index in [1.165, 1.54) is 0 Å². The number of nitrogens with zero attached hydrogens (tertiary/aromatic N) is 2. The maximum atomic E-state index is 11.9. The second-order valence-corrected chi connectivity index (χ2v) is 6.20. The van der Waals surface area contributed by atoms with Crippen LogP contribution in [0.5, 0.6) is 0 Å². The third-order valence-electron chi connectivity index (χ3n) is 3.17. The van der Waals surface area contributed by atoms with Gasteiger partial charge in [0.1, 0.15) is 5.52 Å². The van der Waals surface area contributed by atoms with Gasteiger partial charge in [0.2, 0.25) is 0 Å². The number of aromatic nitrogens is 1. The predicted octanol–water partition coefficient (Wildman–Crippen LogP) is 2.03. The Morgan fingerprint density at radius 2 is 2.14 bits per heavy atom. The average Bonchev–Trinajstić information content (AvgIpc) is 2.89. The van der Waals surface area contributed by atoms with Gasteiger partial charge in [-0.1, -0.05) is 13.8 Å². The number of oxazole rings is 1. The normalized spacial score (nSPS) is 11.5. The fraction of sp³-hybridized carbons (Fsp3) is 0.467. The Balaban J connectivity index is 2.03. The molecule has 0 atom stereocenters. The minimum atomic E-state index is -0.354. The molecular weight excluding hydrogens is 284 g/mol. The summed E-state index contributed by atoms with van der Waals surface area (Å²) in [6.07, 6.45) is 0. The summed E-state index contributed by atoms with van der Waals surface area (Å²) in [5.41, 5.74) is 1.61. The first kappa shape index (κ1) is 16.1. The lowest BCUT2D eigenvalue weighted by Gasteiger charge is -2.21. The number of benzene rings is 1. The molecule has 0 saturated heterocycles. The van der Waals surface area contributed by atoms with Crippen molar-refractivity contribution in [2.75, 3.05) is 37.5 Å². The SMILES string of the molecule is CN(C)c1nc2ccc(NC(=O)NCC(C)(C)CO)cc2o1. The van der Waals surface area contributed by atoms with Crippen molar-refractivity contribution in [1.29, 1.82) is 0 Å². The molecule has 7 nitrogen and oxygen atoms in total. The molecule has 1 heterocycles. The summed E-state index contributed by atoms with van der Waals surface area (Å²) in [5.74, 6) is 0. The molecule has 0 unspecified atom stereocenters. The highest BCUT2D eigenvalue weighted by atomic mass is 16.4. The molecule has 1 aromatic carbocycles. The summed E-state index contributed by atoms with van der Waals surface area (Å²) in [4.78, 5) is 18.0. The van der Waals surface area contributed by atoms with E-state index >= 15 is 0 Å². The lowest BCUT2D eigenvalue weighted by molar-refractivity contribution is 0.158. The first-order valence-electron chi connectivity index (χ1n) is 7.04. The number of urea groups is 1. The second-order valence-electron chi connectivity index (χ2n) is 6.20. The maximum Gasteiger partial charge on any atom is 0.319 e. The zero-order chi connectivity index (χ0) is 16.3. The molecule has 2 aromatic rings. The van der Waals surface area contributed by atoms with Crippen molar-refractivity contribution >= 4 is 28.8 Å². The average molecular weight is 306 g/mol. The highest BCUT2D eigenvalue weighted by molar-refractivity contribution is 5.91. The Hall–Kier alpha value is -2.28. The van der Waals surface area contributed by atoms with Crippen LogP contribution in [-0.2, 0) is 0 Å². The van der Waals surface area contributed by atoms with Gasteiger partial charge >= 0.3 is 6.03 Å². The number of carbonyl (C=O) groups is 1. The quantitative estimate of drug-likeness (QED) is 0.786. The van der Waals surface area contributed by atoms with Crippen molar-refractivity contribution in [3.8, 4) is 0 Å². The number of fused-ring (bicyclic) bond motifs is 1. The van der Waals surface area contributed by atoms with Crippen LogP contribution in [-0.4, -0.2) is 43.4 Å². The van der Waals surface area contributed by atoms with Crippen LogP contribution in [0.4, 0.5) is 16.5 Å². The zero-order valence-electron chi connectivity index (χ0n) is 13.3. The fourth-order valence-corrected chi connectivity index (χ4v) is 1.73. The van der Waals surface area contributed by atoms with Gasteiger partial charge in [-0.15, -0.1) is 0 Å². The maximum absolute atomic E-state index is 11.9. The van der Waals surface area contributed by atoms with Crippen molar-refractivity contribution in [3.05, 3.63) is 18.2 Å². The lowest BCUT2D eigenvalue weighted by Crippen LogP contribution is -2.38. The van der Waals surface area contributed by atoms with E-state index in [0.29, 0.717) is 23.8 Å². The molecule has 0 bridgehead atoms. The second kappa shape index (κ2) is 6.23. The van der Waals surface area contributed by atoms with Gasteiger partial charge in [-0.25, -0.2) is 4.79 Å². The Morgan fingerprint density at radius 3 is 2.77 bits per heavy atom. The number of aliphatic hydroxyl groups is 1. The summed E-state index contributed by atoms with van der Waals surface area (Å²) in [7, 11) is 3.69. The molecule has 0 aliphatic rings. The molecule has 0 fully saturated rings. The Bertz CT molecular complexity index is 664. The van der Waals surface area contributed by atoms with Gasteiger partial charge in [-0.3, -0.25) is 0 Å². The topological polar surface area (TPSA) is 90.6 Å². The van der Waals surface area contributed by atoms with Crippen molar-refractivity contribution in [1.82, 2.24) is 10.3 Å². The van der Waals surface area contributed by atoms with Gasteiger partial charge in [-0.2, -0.15) is 4.98 Å². The number of hydrogen-bond donors (Lipinski definition) is 3.